The first-order chi connectivity index (χ1) is 8.58. The summed E-state index contributed by atoms with van der Waals surface area (Å²) in [5.74, 6) is 0. The van der Waals surface area contributed by atoms with Crippen LogP contribution in [0.3, 0.4) is 0 Å². The van der Waals surface area contributed by atoms with Crippen LogP contribution in [0.5, 0.6) is 0 Å². The average Bonchev–Trinajstić information content (AvgIpc) is 2.73. The standard InChI is InChI=1S/C14H15Cl2NS/c1-9(2)17-8-10-3-4-11(13(16)7-10)14-12(15)5-6-18-14/h3-7,9,17H,8H2,1-2H3. The van der Waals surface area contributed by atoms with E-state index in [2.05, 4.69) is 25.2 Å². The van der Waals surface area contributed by atoms with Gasteiger partial charge in [0.1, 0.15) is 0 Å². The molecule has 1 aromatic heterocycles. The Kier molecular flexibility index (Phi) is 4.68. The molecule has 0 aliphatic rings. The first-order valence-electron chi connectivity index (χ1n) is 5.83. The van der Waals surface area contributed by atoms with E-state index in [1.54, 1.807) is 11.3 Å². The Labute approximate surface area is 122 Å². The molecule has 0 saturated heterocycles. The van der Waals surface area contributed by atoms with Gasteiger partial charge in [0.15, 0.2) is 0 Å². The third kappa shape index (κ3) is 3.27. The van der Waals surface area contributed by atoms with Crippen molar-refractivity contribution in [2.45, 2.75) is 26.4 Å². The van der Waals surface area contributed by atoms with Crippen LogP contribution in [-0.2, 0) is 6.54 Å². The second-order valence-electron chi connectivity index (χ2n) is 4.45. The van der Waals surface area contributed by atoms with Crippen LogP contribution in [0.2, 0.25) is 10.0 Å². The lowest BCUT2D eigenvalue weighted by Gasteiger charge is -2.10. The first kappa shape index (κ1) is 13.9. The largest absolute Gasteiger partial charge is 0.310 e. The zero-order chi connectivity index (χ0) is 13.1. The predicted octanol–water partition coefficient (Wildman–Crippen LogP) is 5.22. The van der Waals surface area contributed by atoms with Crippen LogP contribution in [0.4, 0.5) is 0 Å². The Morgan fingerprint density at radius 1 is 1.17 bits per heavy atom. The van der Waals surface area contributed by atoms with Gasteiger partial charge in [0.25, 0.3) is 0 Å². The van der Waals surface area contributed by atoms with Gasteiger partial charge in [-0.3, -0.25) is 0 Å². The summed E-state index contributed by atoms with van der Waals surface area (Å²) in [4.78, 5) is 1.03. The fourth-order valence-corrected chi connectivity index (χ4v) is 3.21. The quantitative estimate of drug-likeness (QED) is 0.816. The highest BCUT2D eigenvalue weighted by Gasteiger charge is 2.09. The van der Waals surface area contributed by atoms with Crippen LogP contribution in [0.1, 0.15) is 19.4 Å². The maximum atomic E-state index is 6.33. The van der Waals surface area contributed by atoms with E-state index in [-0.39, 0.29) is 0 Å². The van der Waals surface area contributed by atoms with E-state index in [1.807, 2.05) is 23.6 Å². The van der Waals surface area contributed by atoms with Crippen molar-refractivity contribution in [2.75, 3.05) is 0 Å². The summed E-state index contributed by atoms with van der Waals surface area (Å²) in [7, 11) is 0. The number of benzene rings is 1. The summed E-state index contributed by atoms with van der Waals surface area (Å²) in [5.41, 5.74) is 2.19. The van der Waals surface area contributed by atoms with E-state index in [0.717, 1.165) is 27.0 Å². The van der Waals surface area contributed by atoms with Gasteiger partial charge in [0.2, 0.25) is 0 Å². The van der Waals surface area contributed by atoms with Crippen molar-refractivity contribution in [1.82, 2.24) is 5.32 Å². The molecule has 96 valence electrons. The van der Waals surface area contributed by atoms with Crippen molar-refractivity contribution in [1.29, 1.82) is 0 Å². The number of nitrogens with one attached hydrogen (secondary N) is 1. The van der Waals surface area contributed by atoms with E-state index in [4.69, 9.17) is 23.2 Å². The lowest BCUT2D eigenvalue weighted by Crippen LogP contribution is -2.21. The van der Waals surface area contributed by atoms with Crippen LogP contribution >= 0.6 is 34.5 Å². The predicted molar refractivity (Wildman–Crippen MR) is 81.8 cm³/mol. The minimum Gasteiger partial charge on any atom is -0.310 e. The SMILES string of the molecule is CC(C)NCc1ccc(-c2sccc2Cl)c(Cl)c1. The molecule has 0 atom stereocenters. The van der Waals surface area contributed by atoms with E-state index in [9.17, 15) is 0 Å². The van der Waals surface area contributed by atoms with Crippen molar-refractivity contribution < 1.29 is 0 Å². The highest BCUT2D eigenvalue weighted by molar-refractivity contribution is 7.14. The number of halogens is 2. The molecule has 18 heavy (non-hydrogen) atoms. The molecule has 1 aromatic carbocycles. The minimum absolute atomic E-state index is 0.468. The van der Waals surface area contributed by atoms with Gasteiger partial charge in [-0.25, -0.2) is 0 Å². The summed E-state index contributed by atoms with van der Waals surface area (Å²) in [6.07, 6.45) is 0. The van der Waals surface area contributed by atoms with Crippen LogP contribution in [0.15, 0.2) is 29.6 Å². The molecule has 0 aliphatic heterocycles. The van der Waals surface area contributed by atoms with Crippen LogP contribution in [0.25, 0.3) is 10.4 Å². The fraction of sp³-hybridized carbons (Fsp3) is 0.286. The summed E-state index contributed by atoms with van der Waals surface area (Å²) in [5, 5.41) is 6.86. The average molecular weight is 300 g/mol. The molecular formula is C14H15Cl2NS. The number of hydrogen-bond acceptors (Lipinski definition) is 2. The third-order valence-electron chi connectivity index (χ3n) is 2.61. The fourth-order valence-electron chi connectivity index (χ4n) is 1.66. The Morgan fingerprint density at radius 2 is 1.94 bits per heavy atom. The van der Waals surface area contributed by atoms with Crippen LogP contribution in [0, 0.1) is 0 Å². The molecule has 1 N–H and O–H groups in total. The second kappa shape index (κ2) is 6.07. The monoisotopic (exact) mass is 299 g/mol. The molecule has 0 saturated carbocycles. The highest BCUT2D eigenvalue weighted by Crippen LogP contribution is 2.37. The van der Waals surface area contributed by atoms with E-state index in [1.165, 1.54) is 5.56 Å². The molecule has 0 unspecified atom stereocenters. The molecule has 2 rings (SSSR count). The molecule has 0 amide bonds. The summed E-state index contributed by atoms with van der Waals surface area (Å²) < 4.78 is 0. The summed E-state index contributed by atoms with van der Waals surface area (Å²) in [6, 6.07) is 8.49. The van der Waals surface area contributed by atoms with Gasteiger partial charge in [-0.15, -0.1) is 11.3 Å². The normalized spacial score (nSPS) is 11.2. The second-order valence-corrected chi connectivity index (χ2v) is 6.18. The highest BCUT2D eigenvalue weighted by atomic mass is 35.5. The molecule has 0 radical (unpaired) electrons. The van der Waals surface area contributed by atoms with Crippen LogP contribution < -0.4 is 5.32 Å². The zero-order valence-electron chi connectivity index (χ0n) is 10.3. The summed E-state index contributed by atoms with van der Waals surface area (Å²) >= 11 is 14.1. The lowest BCUT2D eigenvalue weighted by atomic mass is 10.1. The molecule has 0 spiro atoms. The molecule has 0 aliphatic carbocycles. The van der Waals surface area contributed by atoms with Crippen LogP contribution in [-0.4, -0.2) is 6.04 Å². The first-order valence-corrected chi connectivity index (χ1v) is 7.46. The minimum atomic E-state index is 0.468. The number of hydrogen-bond donors (Lipinski definition) is 1. The van der Waals surface area contributed by atoms with Gasteiger partial charge in [0.05, 0.1) is 9.90 Å². The molecule has 1 nitrogen and oxygen atoms in total. The van der Waals surface area contributed by atoms with Gasteiger partial charge in [-0.2, -0.15) is 0 Å². The van der Waals surface area contributed by atoms with Gasteiger partial charge < -0.3 is 5.32 Å². The lowest BCUT2D eigenvalue weighted by molar-refractivity contribution is 0.589. The van der Waals surface area contributed by atoms with Crippen molar-refractivity contribution >= 4 is 34.5 Å². The number of thiophene rings is 1. The van der Waals surface area contributed by atoms with Crippen molar-refractivity contribution in [2.24, 2.45) is 0 Å². The van der Waals surface area contributed by atoms with E-state index >= 15 is 0 Å². The molecule has 0 fully saturated rings. The Hall–Kier alpha value is -0.540. The molecule has 2 aromatic rings. The topological polar surface area (TPSA) is 12.0 Å². The van der Waals surface area contributed by atoms with Gasteiger partial charge in [-0.05, 0) is 23.1 Å². The van der Waals surface area contributed by atoms with Gasteiger partial charge in [-0.1, -0.05) is 49.2 Å². The number of rotatable bonds is 4. The maximum absolute atomic E-state index is 6.33. The Balaban J connectivity index is 2.23. The summed E-state index contributed by atoms with van der Waals surface area (Å²) in [6.45, 7) is 5.08. The van der Waals surface area contributed by atoms with Crippen molar-refractivity contribution in [3.63, 3.8) is 0 Å². The van der Waals surface area contributed by atoms with Gasteiger partial charge >= 0.3 is 0 Å². The molecule has 1 heterocycles. The molecule has 4 heteroatoms. The maximum Gasteiger partial charge on any atom is 0.0592 e. The Morgan fingerprint density at radius 3 is 2.50 bits per heavy atom. The van der Waals surface area contributed by atoms with E-state index in [0.29, 0.717) is 6.04 Å². The Bertz CT molecular complexity index is 534. The van der Waals surface area contributed by atoms with Crippen molar-refractivity contribution in [3.8, 4) is 10.4 Å². The molecule has 0 bridgehead atoms. The smallest absolute Gasteiger partial charge is 0.0592 e. The van der Waals surface area contributed by atoms with Gasteiger partial charge in [0, 0.05) is 23.2 Å². The molecular weight excluding hydrogens is 285 g/mol. The zero-order valence-corrected chi connectivity index (χ0v) is 12.7. The third-order valence-corrected chi connectivity index (χ3v) is 4.30. The van der Waals surface area contributed by atoms with Crippen molar-refractivity contribution in [3.05, 3.63) is 45.3 Å². The van der Waals surface area contributed by atoms with E-state index < -0.39 is 0 Å².